The third kappa shape index (κ3) is 5.01. The Morgan fingerprint density at radius 1 is 1.43 bits per heavy atom. The smallest absolute Gasteiger partial charge is 0.320 e. The fourth-order valence-corrected chi connectivity index (χ4v) is 3.33. The molecule has 112 valence electrons. The van der Waals surface area contributed by atoms with Gasteiger partial charge >= 0.3 is 6.18 Å². The monoisotopic (exact) mass is 396 g/mol. The number of thiophene rings is 1. The largest absolute Gasteiger partial charge is 0.398 e. The van der Waals surface area contributed by atoms with Crippen LogP contribution in [0.4, 0.5) is 18.9 Å². The van der Waals surface area contributed by atoms with Crippen molar-refractivity contribution in [3.63, 3.8) is 0 Å². The number of nitrogens with zero attached hydrogens (tertiary/aromatic N) is 1. The minimum atomic E-state index is -4.27. The summed E-state index contributed by atoms with van der Waals surface area (Å²) in [6.45, 7) is 0. The number of pyridine rings is 1. The number of anilines is 1. The minimum Gasteiger partial charge on any atom is -0.320 e. The molecule has 0 saturated heterocycles. The van der Waals surface area contributed by atoms with E-state index in [1.165, 1.54) is 29.7 Å². The van der Waals surface area contributed by atoms with Crippen LogP contribution in [-0.2, 0) is 0 Å². The quantitative estimate of drug-likeness (QED) is 0.753. The fourth-order valence-electron chi connectivity index (χ4n) is 1.35. The second-order valence-corrected chi connectivity index (χ2v) is 6.47. The van der Waals surface area contributed by atoms with E-state index in [4.69, 9.17) is 0 Å². The second kappa shape index (κ2) is 6.80. The summed E-state index contributed by atoms with van der Waals surface area (Å²) >= 11 is 5.24. The molecule has 0 aromatic carbocycles. The molecule has 2 aromatic rings. The van der Waals surface area contributed by atoms with Crippen LogP contribution in [-0.4, -0.2) is 22.8 Å². The highest BCUT2D eigenvalue weighted by molar-refractivity contribution is 9.10. The topological polar surface area (TPSA) is 42.0 Å². The molecule has 0 aliphatic rings. The number of carbonyl (C=O) groups is 1. The first-order valence-corrected chi connectivity index (χ1v) is 8.26. The van der Waals surface area contributed by atoms with Crippen molar-refractivity contribution in [2.24, 2.45) is 0 Å². The van der Waals surface area contributed by atoms with Crippen molar-refractivity contribution in [2.45, 2.75) is 11.2 Å². The van der Waals surface area contributed by atoms with Crippen LogP contribution >= 0.6 is 39.0 Å². The molecule has 0 radical (unpaired) electrons. The van der Waals surface area contributed by atoms with Gasteiger partial charge in [-0.3, -0.25) is 4.79 Å². The molecule has 9 heteroatoms. The van der Waals surface area contributed by atoms with E-state index in [0.29, 0.717) is 17.4 Å². The highest BCUT2D eigenvalue weighted by Gasteiger charge is 2.27. The zero-order valence-corrected chi connectivity index (χ0v) is 13.5. The average Bonchev–Trinajstić information content (AvgIpc) is 2.81. The lowest BCUT2D eigenvalue weighted by Gasteiger charge is -2.07. The first kappa shape index (κ1) is 16.3. The van der Waals surface area contributed by atoms with Gasteiger partial charge in [-0.15, -0.1) is 11.3 Å². The van der Waals surface area contributed by atoms with E-state index in [-0.39, 0.29) is 10.6 Å². The van der Waals surface area contributed by atoms with E-state index in [2.05, 4.69) is 26.2 Å². The molecule has 0 fully saturated rings. The summed E-state index contributed by atoms with van der Waals surface area (Å²) in [5, 5.41) is 6.39. The maximum Gasteiger partial charge on any atom is 0.398 e. The maximum atomic E-state index is 12.2. The first-order chi connectivity index (χ1) is 9.85. The number of amides is 1. The van der Waals surface area contributed by atoms with Crippen molar-refractivity contribution < 1.29 is 18.0 Å². The number of hydrogen-bond acceptors (Lipinski definition) is 4. The van der Waals surface area contributed by atoms with Crippen LogP contribution in [0, 0.1) is 0 Å². The summed E-state index contributed by atoms with van der Waals surface area (Å²) in [5.41, 5.74) is 0.874. The van der Waals surface area contributed by atoms with Gasteiger partial charge in [0.1, 0.15) is 0 Å². The van der Waals surface area contributed by atoms with Gasteiger partial charge in [0.2, 0.25) is 0 Å². The molecular weight excluding hydrogens is 389 g/mol. The number of nitrogens with one attached hydrogen (secondary N) is 1. The highest BCUT2D eigenvalue weighted by atomic mass is 79.9. The number of thioether (sulfide) groups is 1. The Hall–Kier alpha value is -1.06. The van der Waals surface area contributed by atoms with Gasteiger partial charge in [-0.05, 0) is 28.1 Å². The molecule has 2 rings (SSSR count). The number of alkyl halides is 3. The Labute approximate surface area is 135 Å². The van der Waals surface area contributed by atoms with Crippen LogP contribution in [0.15, 0.2) is 38.6 Å². The lowest BCUT2D eigenvalue weighted by Crippen LogP contribution is -2.13. The standard InChI is InChI=1S/C12H8BrF3N2OS2/c13-8-4-20-5-9(8)18-11(19)7-1-2-17-10(3-7)21-6-12(14,15)16/h1-5H,6H2,(H,18,19). The van der Waals surface area contributed by atoms with Gasteiger partial charge in [0.25, 0.3) is 5.91 Å². The second-order valence-electron chi connectivity index (χ2n) is 3.87. The van der Waals surface area contributed by atoms with Crippen LogP contribution in [0.1, 0.15) is 10.4 Å². The van der Waals surface area contributed by atoms with Crippen LogP contribution in [0.5, 0.6) is 0 Å². The molecule has 0 spiro atoms. The van der Waals surface area contributed by atoms with Crippen molar-refractivity contribution in [3.8, 4) is 0 Å². The molecule has 1 N–H and O–H groups in total. The Morgan fingerprint density at radius 2 is 2.19 bits per heavy atom. The number of carbonyl (C=O) groups excluding carboxylic acids is 1. The van der Waals surface area contributed by atoms with Gasteiger partial charge in [0.15, 0.2) is 0 Å². The van der Waals surface area contributed by atoms with E-state index in [9.17, 15) is 18.0 Å². The van der Waals surface area contributed by atoms with Crippen LogP contribution in [0.3, 0.4) is 0 Å². The fraction of sp³-hybridized carbons (Fsp3) is 0.167. The van der Waals surface area contributed by atoms with Gasteiger partial charge in [0.05, 0.1) is 20.9 Å². The van der Waals surface area contributed by atoms with Crippen molar-refractivity contribution in [1.29, 1.82) is 0 Å². The predicted molar refractivity (Wildman–Crippen MR) is 81.0 cm³/mol. The molecule has 0 bridgehead atoms. The number of halogens is 4. The van der Waals surface area contributed by atoms with E-state index in [0.717, 1.165) is 4.47 Å². The van der Waals surface area contributed by atoms with Crippen LogP contribution < -0.4 is 5.32 Å². The van der Waals surface area contributed by atoms with Gasteiger partial charge < -0.3 is 5.32 Å². The predicted octanol–water partition coefficient (Wildman–Crippen LogP) is 4.81. The number of rotatable bonds is 4. The van der Waals surface area contributed by atoms with Gasteiger partial charge in [0, 0.05) is 22.5 Å². The van der Waals surface area contributed by atoms with E-state index < -0.39 is 17.8 Å². The number of hydrogen-bond donors (Lipinski definition) is 1. The van der Waals surface area contributed by atoms with Gasteiger partial charge in [-0.2, -0.15) is 13.2 Å². The molecule has 0 aliphatic heterocycles. The third-order valence-corrected chi connectivity index (χ3v) is 4.94. The minimum absolute atomic E-state index is 0.157. The highest BCUT2D eigenvalue weighted by Crippen LogP contribution is 2.28. The van der Waals surface area contributed by atoms with Crippen molar-refractivity contribution in [2.75, 3.05) is 11.1 Å². The van der Waals surface area contributed by atoms with Crippen LogP contribution in [0.25, 0.3) is 0 Å². The molecule has 3 nitrogen and oxygen atoms in total. The lowest BCUT2D eigenvalue weighted by molar-refractivity contribution is -0.105. The average molecular weight is 397 g/mol. The summed E-state index contributed by atoms with van der Waals surface area (Å²) in [4.78, 5) is 15.8. The molecule has 2 aromatic heterocycles. The number of aromatic nitrogens is 1. The molecular formula is C12H8BrF3N2OS2. The Bertz CT molecular complexity index is 645. The lowest BCUT2D eigenvalue weighted by atomic mass is 10.2. The molecule has 0 aliphatic carbocycles. The van der Waals surface area contributed by atoms with Crippen molar-refractivity contribution in [3.05, 3.63) is 39.1 Å². The van der Waals surface area contributed by atoms with Crippen molar-refractivity contribution >= 4 is 50.6 Å². The van der Waals surface area contributed by atoms with E-state index in [1.807, 2.05) is 5.38 Å². The zero-order valence-electron chi connectivity index (χ0n) is 10.3. The SMILES string of the molecule is O=C(Nc1cscc1Br)c1ccnc(SCC(F)(F)F)c1. The normalized spacial score (nSPS) is 11.4. The van der Waals surface area contributed by atoms with E-state index in [1.54, 1.807) is 5.38 Å². The van der Waals surface area contributed by atoms with Gasteiger partial charge in [-0.1, -0.05) is 11.8 Å². The summed E-state index contributed by atoms with van der Waals surface area (Å²) in [5.74, 6) is -1.44. The molecule has 0 atom stereocenters. The Morgan fingerprint density at radius 3 is 2.81 bits per heavy atom. The third-order valence-electron chi connectivity index (χ3n) is 2.24. The summed E-state index contributed by atoms with van der Waals surface area (Å²) in [6, 6.07) is 2.79. The first-order valence-electron chi connectivity index (χ1n) is 5.54. The van der Waals surface area contributed by atoms with Crippen LogP contribution in [0.2, 0.25) is 0 Å². The maximum absolute atomic E-state index is 12.2. The summed E-state index contributed by atoms with van der Waals surface area (Å²) in [6.07, 6.45) is -2.96. The Balaban J connectivity index is 2.06. The van der Waals surface area contributed by atoms with Crippen molar-refractivity contribution in [1.82, 2.24) is 4.98 Å². The summed E-state index contributed by atoms with van der Waals surface area (Å²) in [7, 11) is 0. The summed E-state index contributed by atoms with van der Waals surface area (Å²) < 4.78 is 37.2. The Kier molecular flexibility index (Phi) is 5.28. The zero-order chi connectivity index (χ0) is 15.5. The molecule has 0 unspecified atom stereocenters. The molecule has 21 heavy (non-hydrogen) atoms. The van der Waals surface area contributed by atoms with E-state index >= 15 is 0 Å². The molecule has 0 saturated carbocycles. The molecule has 2 heterocycles. The molecule has 1 amide bonds. The van der Waals surface area contributed by atoms with Gasteiger partial charge in [-0.25, -0.2) is 4.98 Å².